The van der Waals surface area contributed by atoms with E-state index in [0.717, 1.165) is 17.7 Å². The summed E-state index contributed by atoms with van der Waals surface area (Å²) in [6.45, 7) is -0.00243. The summed E-state index contributed by atoms with van der Waals surface area (Å²) in [5.74, 6) is -0.991. The molecule has 2 aromatic rings. The molecule has 35 heavy (non-hydrogen) atoms. The maximum Gasteiger partial charge on any atom is 0.331 e. The third-order valence-electron chi connectivity index (χ3n) is 5.89. The zero-order chi connectivity index (χ0) is 25.1. The molecular formula is C24H22ClN3O7. The Morgan fingerprint density at radius 1 is 1.20 bits per heavy atom. The number of amides is 4. The van der Waals surface area contributed by atoms with Crippen molar-refractivity contribution in [1.29, 1.82) is 0 Å². The molecule has 4 rings (SSSR count). The molecule has 0 aromatic heterocycles. The highest BCUT2D eigenvalue weighted by atomic mass is 35.5. The number of nitro benzene ring substituents is 1. The van der Waals surface area contributed by atoms with Gasteiger partial charge >= 0.3 is 6.03 Å². The number of non-ortho nitro benzene ring substituents is 1. The van der Waals surface area contributed by atoms with E-state index in [4.69, 9.17) is 21.1 Å². The lowest BCUT2D eigenvalue weighted by molar-refractivity contribution is -0.384. The molecule has 1 saturated carbocycles. The van der Waals surface area contributed by atoms with E-state index >= 15 is 0 Å². The van der Waals surface area contributed by atoms with Crippen LogP contribution in [0.15, 0.2) is 42.0 Å². The number of hydrogen-bond donors (Lipinski definition) is 1. The maximum atomic E-state index is 13.0. The van der Waals surface area contributed by atoms with Crippen molar-refractivity contribution in [2.45, 2.75) is 38.3 Å². The average Bonchev–Trinajstić information content (AvgIpc) is 3.35. The van der Waals surface area contributed by atoms with Crippen LogP contribution < -0.4 is 14.8 Å². The number of hydrogen-bond acceptors (Lipinski definition) is 7. The van der Waals surface area contributed by atoms with Gasteiger partial charge in [0.15, 0.2) is 11.5 Å². The summed E-state index contributed by atoms with van der Waals surface area (Å²) in [4.78, 5) is 49.4. The SMILES string of the molecule is COc1cc(/C=C2\C(=O)NC(=O)N(C3CCCC3)C2=O)cc(Cl)c1OCc1cccc([N+](=O)[O-])c1. The quantitative estimate of drug-likeness (QED) is 0.261. The van der Waals surface area contributed by atoms with E-state index in [-0.39, 0.29) is 40.4 Å². The van der Waals surface area contributed by atoms with E-state index in [1.165, 1.54) is 31.4 Å². The van der Waals surface area contributed by atoms with Crippen LogP contribution in [0.3, 0.4) is 0 Å². The second-order valence-electron chi connectivity index (χ2n) is 8.18. The van der Waals surface area contributed by atoms with Gasteiger partial charge < -0.3 is 9.47 Å². The minimum Gasteiger partial charge on any atom is -0.493 e. The van der Waals surface area contributed by atoms with E-state index in [1.54, 1.807) is 18.2 Å². The third kappa shape index (κ3) is 5.12. The monoisotopic (exact) mass is 499 g/mol. The van der Waals surface area contributed by atoms with Crippen LogP contribution in [-0.2, 0) is 16.2 Å². The molecule has 2 aliphatic rings. The molecule has 0 spiro atoms. The second kappa shape index (κ2) is 10.1. The van der Waals surface area contributed by atoms with Gasteiger partial charge in [0.2, 0.25) is 0 Å². The lowest BCUT2D eigenvalue weighted by Crippen LogP contribution is -2.57. The Hall–Kier alpha value is -3.92. The van der Waals surface area contributed by atoms with Crippen LogP contribution in [0.25, 0.3) is 6.08 Å². The lowest BCUT2D eigenvalue weighted by atomic mass is 10.0. The predicted octanol–water partition coefficient (Wildman–Crippen LogP) is 4.24. The number of barbiturate groups is 1. The molecule has 1 saturated heterocycles. The van der Waals surface area contributed by atoms with Crippen molar-refractivity contribution in [3.8, 4) is 11.5 Å². The van der Waals surface area contributed by atoms with Gasteiger partial charge in [-0.1, -0.05) is 36.6 Å². The molecule has 11 heteroatoms. The molecule has 1 aliphatic carbocycles. The Morgan fingerprint density at radius 3 is 2.63 bits per heavy atom. The number of benzene rings is 2. The van der Waals surface area contributed by atoms with Gasteiger partial charge in [0.05, 0.1) is 17.1 Å². The number of nitrogens with zero attached hydrogens (tertiary/aromatic N) is 2. The Labute approximate surface area is 205 Å². The molecule has 10 nitrogen and oxygen atoms in total. The summed E-state index contributed by atoms with van der Waals surface area (Å²) in [6.07, 6.45) is 4.59. The summed E-state index contributed by atoms with van der Waals surface area (Å²) in [5.41, 5.74) is 0.713. The number of nitrogens with one attached hydrogen (secondary N) is 1. The van der Waals surface area contributed by atoms with Crippen LogP contribution >= 0.6 is 11.6 Å². The van der Waals surface area contributed by atoms with Crippen molar-refractivity contribution in [3.63, 3.8) is 0 Å². The topological polar surface area (TPSA) is 128 Å². The molecule has 0 atom stereocenters. The average molecular weight is 500 g/mol. The van der Waals surface area contributed by atoms with Crippen molar-refractivity contribution < 1.29 is 28.8 Å². The number of nitro groups is 1. The molecule has 0 radical (unpaired) electrons. The van der Waals surface area contributed by atoms with Crippen molar-refractivity contribution >= 4 is 41.2 Å². The first-order chi connectivity index (χ1) is 16.8. The number of imide groups is 2. The molecule has 4 amide bonds. The normalized spacial score (nSPS) is 17.6. The van der Waals surface area contributed by atoms with E-state index in [2.05, 4.69) is 5.32 Å². The molecule has 1 N–H and O–H groups in total. The lowest BCUT2D eigenvalue weighted by Gasteiger charge is -2.31. The van der Waals surface area contributed by atoms with E-state index in [0.29, 0.717) is 24.0 Å². The van der Waals surface area contributed by atoms with Crippen molar-refractivity contribution in [2.24, 2.45) is 0 Å². The second-order valence-corrected chi connectivity index (χ2v) is 8.59. The zero-order valence-electron chi connectivity index (χ0n) is 18.8. The Bertz CT molecular complexity index is 1240. The van der Waals surface area contributed by atoms with Crippen molar-refractivity contribution in [2.75, 3.05) is 7.11 Å². The summed E-state index contributed by atoms with van der Waals surface area (Å²) in [6, 6.07) is 8.10. The van der Waals surface area contributed by atoms with Gasteiger partial charge in [-0.3, -0.25) is 29.9 Å². The first-order valence-corrected chi connectivity index (χ1v) is 11.3. The summed E-state index contributed by atoms with van der Waals surface area (Å²) >= 11 is 6.41. The Morgan fingerprint density at radius 2 is 1.94 bits per heavy atom. The van der Waals surface area contributed by atoms with Gasteiger partial charge in [-0.2, -0.15) is 0 Å². The van der Waals surface area contributed by atoms with Crippen molar-refractivity contribution in [1.82, 2.24) is 10.2 Å². The van der Waals surface area contributed by atoms with Crippen molar-refractivity contribution in [3.05, 3.63) is 68.2 Å². The molecule has 182 valence electrons. The van der Waals surface area contributed by atoms with Crippen LogP contribution in [0.4, 0.5) is 10.5 Å². The molecular weight excluding hydrogens is 478 g/mol. The van der Waals surface area contributed by atoms with Gasteiger partial charge in [-0.05, 0) is 42.2 Å². The molecule has 1 heterocycles. The smallest absolute Gasteiger partial charge is 0.331 e. The molecule has 0 unspecified atom stereocenters. The number of methoxy groups -OCH3 is 1. The molecule has 1 aliphatic heterocycles. The number of rotatable bonds is 7. The number of carbonyl (C=O) groups is 3. The zero-order valence-corrected chi connectivity index (χ0v) is 19.5. The third-order valence-corrected chi connectivity index (χ3v) is 6.17. The van der Waals surface area contributed by atoms with E-state index in [1.807, 2.05) is 0 Å². The summed E-state index contributed by atoms with van der Waals surface area (Å²) in [7, 11) is 1.40. The highest BCUT2D eigenvalue weighted by Gasteiger charge is 2.40. The fourth-order valence-electron chi connectivity index (χ4n) is 4.21. The van der Waals surface area contributed by atoms with Gasteiger partial charge in [-0.25, -0.2) is 4.79 Å². The first kappa shape index (κ1) is 24.2. The number of halogens is 1. The van der Waals surface area contributed by atoms with Gasteiger partial charge in [0.25, 0.3) is 17.5 Å². The molecule has 2 aromatic carbocycles. The first-order valence-electron chi connectivity index (χ1n) is 10.9. The van der Waals surface area contributed by atoms with Gasteiger partial charge in [0.1, 0.15) is 12.2 Å². The van der Waals surface area contributed by atoms with Crippen LogP contribution in [0, 0.1) is 10.1 Å². The Balaban J connectivity index is 1.59. The fraction of sp³-hybridized carbons (Fsp3) is 0.292. The highest BCUT2D eigenvalue weighted by molar-refractivity contribution is 6.33. The van der Waals surface area contributed by atoms with E-state index < -0.39 is 22.8 Å². The molecule has 2 fully saturated rings. The van der Waals surface area contributed by atoms with Crippen LogP contribution in [0.5, 0.6) is 11.5 Å². The number of ether oxygens (including phenoxy) is 2. The largest absolute Gasteiger partial charge is 0.493 e. The van der Waals surface area contributed by atoms with Crippen LogP contribution in [0.2, 0.25) is 5.02 Å². The summed E-state index contributed by atoms with van der Waals surface area (Å²) in [5, 5.41) is 13.4. The minimum absolute atomic E-state index is 0.00243. The highest BCUT2D eigenvalue weighted by Crippen LogP contribution is 2.38. The van der Waals surface area contributed by atoms with E-state index in [9.17, 15) is 24.5 Å². The molecule has 0 bridgehead atoms. The number of urea groups is 1. The Kier molecular flexibility index (Phi) is 7.02. The van der Waals surface area contributed by atoms with Crippen LogP contribution in [-0.4, -0.2) is 40.8 Å². The standard InChI is InChI=1S/C24H22ClN3O7/c1-34-20-12-15(10-18-22(29)26-24(31)27(23(18)30)16-6-2-3-7-16)11-19(25)21(20)35-13-14-5-4-8-17(9-14)28(32)33/h4-5,8-12,16H,2-3,6-7,13H2,1H3,(H,26,29,31)/b18-10+. The van der Waals surface area contributed by atoms with Crippen LogP contribution in [0.1, 0.15) is 36.8 Å². The predicted molar refractivity (Wildman–Crippen MR) is 126 cm³/mol. The van der Waals surface area contributed by atoms with Gasteiger partial charge in [-0.15, -0.1) is 0 Å². The fourth-order valence-corrected chi connectivity index (χ4v) is 4.48. The minimum atomic E-state index is -0.782. The summed E-state index contributed by atoms with van der Waals surface area (Å²) < 4.78 is 11.1. The number of carbonyl (C=O) groups excluding carboxylic acids is 3. The van der Waals surface area contributed by atoms with Gasteiger partial charge in [0, 0.05) is 18.2 Å². The maximum absolute atomic E-state index is 13.0.